The molecule has 1 N–H and O–H groups in total. The zero-order valence-corrected chi connectivity index (χ0v) is 17.1. The van der Waals surface area contributed by atoms with Crippen molar-refractivity contribution >= 4 is 23.1 Å². The smallest absolute Gasteiger partial charge is 0.197 e. The minimum atomic E-state index is -2.23. The highest BCUT2D eigenvalue weighted by Gasteiger charge is 2.21. The summed E-state index contributed by atoms with van der Waals surface area (Å²) in [5, 5.41) is 7.38. The number of rotatable bonds is 5. The molecule has 0 aliphatic heterocycles. The Labute approximate surface area is 132 Å². The fraction of sp³-hybridized carbons (Fsp3) is 1.00. The molecule has 134 valence electrons. The van der Waals surface area contributed by atoms with E-state index in [1.807, 2.05) is 26.6 Å². The first kappa shape index (κ1) is 29.5. The SMILES string of the molecule is C.CCOO.CCOP(C)(C)=O.C[Si](C)(C)OP(C)(C)=O. The highest BCUT2D eigenvalue weighted by Crippen LogP contribution is 2.40. The van der Waals surface area contributed by atoms with Crippen LogP contribution >= 0.6 is 14.7 Å². The zero-order chi connectivity index (χ0) is 17.0. The minimum absolute atomic E-state index is 0. The van der Waals surface area contributed by atoms with Gasteiger partial charge >= 0.3 is 0 Å². The molecule has 0 heterocycles. The molecule has 0 spiro atoms. The summed E-state index contributed by atoms with van der Waals surface area (Å²) in [5.74, 6) is 0. The van der Waals surface area contributed by atoms with Crippen molar-refractivity contribution in [2.75, 3.05) is 39.9 Å². The molecule has 0 unspecified atom stereocenters. The second-order valence-electron chi connectivity index (χ2n) is 5.54. The van der Waals surface area contributed by atoms with E-state index in [9.17, 15) is 9.13 Å². The first-order valence-electron chi connectivity index (χ1n) is 6.40. The molecule has 6 nitrogen and oxygen atoms in total. The van der Waals surface area contributed by atoms with Gasteiger partial charge in [-0.3, -0.25) is 14.4 Å². The number of hydrogen-bond donors (Lipinski definition) is 1. The normalized spacial score (nSPS) is 11.3. The van der Waals surface area contributed by atoms with E-state index in [-0.39, 0.29) is 7.43 Å². The van der Waals surface area contributed by atoms with Gasteiger partial charge in [-0.05, 0) is 33.5 Å². The molecule has 21 heavy (non-hydrogen) atoms. The predicted molar refractivity (Wildman–Crippen MR) is 96.0 cm³/mol. The Kier molecular flexibility index (Phi) is 19.9. The van der Waals surface area contributed by atoms with Gasteiger partial charge in [0.1, 0.15) is 0 Å². The third kappa shape index (κ3) is 53.0. The third-order valence-electron chi connectivity index (χ3n) is 1.06. The summed E-state index contributed by atoms with van der Waals surface area (Å²) in [6.07, 6.45) is 0. The van der Waals surface area contributed by atoms with Crippen molar-refractivity contribution in [2.24, 2.45) is 0 Å². The minimum Gasteiger partial charge on any atom is -0.371 e. The summed E-state index contributed by atoms with van der Waals surface area (Å²) in [4.78, 5) is 3.54. The lowest BCUT2D eigenvalue weighted by Crippen LogP contribution is -2.22. The third-order valence-corrected chi connectivity index (χ3v) is 5.89. The monoisotopic (exact) mass is 366 g/mol. The molecule has 0 saturated heterocycles. The maximum absolute atomic E-state index is 11.0. The molecule has 0 aromatic rings. The molecule has 0 aromatic carbocycles. The lowest BCUT2D eigenvalue weighted by atomic mass is 10.9. The van der Waals surface area contributed by atoms with E-state index in [0.717, 1.165) is 0 Å². The van der Waals surface area contributed by atoms with E-state index in [2.05, 4.69) is 4.89 Å². The Morgan fingerprint density at radius 1 is 0.905 bits per heavy atom. The van der Waals surface area contributed by atoms with Gasteiger partial charge in [0.15, 0.2) is 23.1 Å². The Morgan fingerprint density at radius 3 is 1.24 bits per heavy atom. The van der Waals surface area contributed by atoms with E-state index < -0.39 is 23.1 Å². The molecule has 0 aliphatic carbocycles. The quantitative estimate of drug-likeness (QED) is 0.317. The van der Waals surface area contributed by atoms with Gasteiger partial charge in [-0.1, -0.05) is 7.43 Å². The van der Waals surface area contributed by atoms with Crippen LogP contribution in [-0.2, 0) is 22.8 Å². The van der Waals surface area contributed by atoms with Gasteiger partial charge in [0.25, 0.3) is 0 Å². The van der Waals surface area contributed by atoms with Crippen molar-refractivity contribution in [3.8, 4) is 0 Å². The fourth-order valence-electron chi connectivity index (χ4n) is 0.970. The Morgan fingerprint density at radius 2 is 1.24 bits per heavy atom. The molecule has 0 amide bonds. The highest BCUT2D eigenvalue weighted by molar-refractivity contribution is 7.58. The first-order valence-corrected chi connectivity index (χ1v) is 14.8. The van der Waals surface area contributed by atoms with Crippen molar-refractivity contribution in [3.05, 3.63) is 0 Å². The summed E-state index contributed by atoms with van der Waals surface area (Å²) in [5.41, 5.74) is 0. The topological polar surface area (TPSA) is 82.1 Å². The van der Waals surface area contributed by atoms with Gasteiger partial charge in [-0.15, -0.1) is 0 Å². The van der Waals surface area contributed by atoms with Crippen molar-refractivity contribution < 1.29 is 28.0 Å². The van der Waals surface area contributed by atoms with E-state index in [0.29, 0.717) is 13.2 Å². The molecule has 0 bridgehead atoms. The average molecular weight is 366 g/mol. The van der Waals surface area contributed by atoms with Crippen LogP contribution in [0.5, 0.6) is 0 Å². The molecule has 0 aliphatic rings. The summed E-state index contributed by atoms with van der Waals surface area (Å²) in [6, 6.07) is 0. The molecule has 9 heteroatoms. The van der Waals surface area contributed by atoms with Crippen molar-refractivity contribution in [3.63, 3.8) is 0 Å². The van der Waals surface area contributed by atoms with Crippen molar-refractivity contribution in [1.29, 1.82) is 0 Å². The number of hydrogen-bond acceptors (Lipinski definition) is 6. The summed E-state index contributed by atoms with van der Waals surface area (Å²) in [7, 11) is -5.95. The van der Waals surface area contributed by atoms with Crippen LogP contribution in [0.1, 0.15) is 21.3 Å². The largest absolute Gasteiger partial charge is 0.371 e. The maximum Gasteiger partial charge on any atom is 0.197 e. The van der Waals surface area contributed by atoms with E-state index >= 15 is 0 Å². The van der Waals surface area contributed by atoms with E-state index in [1.165, 1.54) is 0 Å². The van der Waals surface area contributed by atoms with Crippen LogP contribution in [0.2, 0.25) is 19.6 Å². The Hall–Kier alpha value is 0.517. The van der Waals surface area contributed by atoms with Gasteiger partial charge in [0.2, 0.25) is 0 Å². The highest BCUT2D eigenvalue weighted by atomic mass is 31.2. The van der Waals surface area contributed by atoms with Gasteiger partial charge in [-0.25, -0.2) is 4.89 Å². The maximum atomic E-state index is 11.0. The van der Waals surface area contributed by atoms with Crippen LogP contribution in [-0.4, -0.2) is 53.4 Å². The van der Waals surface area contributed by atoms with E-state index in [4.69, 9.17) is 14.0 Å². The van der Waals surface area contributed by atoms with Gasteiger partial charge in [0, 0.05) is 26.7 Å². The van der Waals surface area contributed by atoms with E-state index in [1.54, 1.807) is 33.6 Å². The molecule has 0 atom stereocenters. The average Bonchev–Trinajstić information content (AvgIpc) is 2.11. The second kappa shape index (κ2) is 14.1. The van der Waals surface area contributed by atoms with Crippen molar-refractivity contribution in [2.45, 2.75) is 40.9 Å². The van der Waals surface area contributed by atoms with Crippen LogP contribution in [0.15, 0.2) is 0 Å². The molecule has 0 radical (unpaired) electrons. The van der Waals surface area contributed by atoms with Gasteiger partial charge in [0.05, 0.1) is 13.2 Å². The molecule has 0 aromatic heterocycles. The summed E-state index contributed by atoms with van der Waals surface area (Å²) in [6.45, 7) is 17.1. The standard InChI is InChI=1S/C5H15O2PSi.C4H11O2P.C2H6O2.CH4/c1-8(2,6)7-9(3,4)5;1-4-6-7(2,3)5;1-2-4-3;/h1-5H3;4H2,1-3H3;3H,2H2,1H3;1H4. The van der Waals surface area contributed by atoms with Crippen molar-refractivity contribution in [1.82, 2.24) is 0 Å². The molecule has 0 fully saturated rings. The molecule has 0 rings (SSSR count). The Bertz CT molecular complexity index is 303. The zero-order valence-electron chi connectivity index (χ0n) is 14.3. The van der Waals surface area contributed by atoms with Crippen LogP contribution in [0.25, 0.3) is 0 Å². The molecule has 0 saturated carbocycles. The Balaban J connectivity index is -0.000000108. The summed E-state index contributed by atoms with van der Waals surface area (Å²) >= 11 is 0. The van der Waals surface area contributed by atoms with Crippen LogP contribution in [0.3, 0.4) is 0 Å². The fourth-order valence-corrected chi connectivity index (χ4v) is 6.87. The lowest BCUT2D eigenvalue weighted by Gasteiger charge is -2.20. The second-order valence-corrected chi connectivity index (χ2v) is 15.8. The van der Waals surface area contributed by atoms with Crippen LogP contribution in [0, 0.1) is 0 Å². The first-order chi connectivity index (χ1) is 8.68. The van der Waals surface area contributed by atoms with Crippen LogP contribution in [0.4, 0.5) is 0 Å². The van der Waals surface area contributed by atoms with Gasteiger partial charge in [-0.2, -0.15) is 0 Å². The van der Waals surface area contributed by atoms with Crippen LogP contribution < -0.4 is 0 Å². The van der Waals surface area contributed by atoms with Gasteiger partial charge < -0.3 is 8.74 Å². The predicted octanol–water partition coefficient (Wildman–Crippen LogP) is 5.07. The lowest BCUT2D eigenvalue weighted by molar-refractivity contribution is -0.237. The molecular weight excluding hydrogens is 330 g/mol. The molecular formula is C12H36O6P2Si. The summed E-state index contributed by atoms with van der Waals surface area (Å²) < 4.78 is 31.7.